The average Bonchev–Trinajstić information content (AvgIpc) is 2.44. The van der Waals surface area contributed by atoms with E-state index >= 15 is 0 Å². The molecule has 1 atom stereocenters. The summed E-state index contributed by atoms with van der Waals surface area (Å²) in [4.78, 5) is 0. The van der Waals surface area contributed by atoms with Crippen LogP contribution in [-0.2, 0) is 0 Å². The second kappa shape index (κ2) is 6.67. The minimum absolute atomic E-state index is 0.332. The predicted octanol–water partition coefficient (Wildman–Crippen LogP) is 3.91. The summed E-state index contributed by atoms with van der Waals surface area (Å²) >= 11 is 6.72. The number of rotatable bonds is 4. The highest BCUT2D eigenvalue weighted by Crippen LogP contribution is 2.33. The average molecular weight is 404 g/mol. The molecule has 0 bridgehead atoms. The first-order valence-electron chi connectivity index (χ1n) is 5.81. The lowest BCUT2D eigenvalue weighted by molar-refractivity contribution is 0.403. The van der Waals surface area contributed by atoms with E-state index < -0.39 is 6.04 Å². The van der Waals surface area contributed by atoms with E-state index in [2.05, 4.69) is 37.3 Å². The molecular weight excluding hydrogens is 391 g/mol. The summed E-state index contributed by atoms with van der Waals surface area (Å²) in [6.45, 7) is 0. The van der Waals surface area contributed by atoms with E-state index in [0.29, 0.717) is 11.3 Å². The molecule has 0 radical (unpaired) electrons. The normalized spacial score (nSPS) is 12.2. The Bertz CT molecular complexity index is 622. The molecule has 2 aromatic rings. The molecule has 0 amide bonds. The van der Waals surface area contributed by atoms with Crippen molar-refractivity contribution in [3.8, 4) is 5.75 Å². The van der Waals surface area contributed by atoms with Gasteiger partial charge in [0, 0.05) is 20.1 Å². The third-order valence-corrected chi connectivity index (χ3v) is 3.93. The van der Waals surface area contributed by atoms with Crippen LogP contribution in [0.3, 0.4) is 0 Å². The molecule has 0 aromatic heterocycles. The molecule has 0 aliphatic heterocycles. The molecule has 2 aromatic carbocycles. The van der Waals surface area contributed by atoms with E-state index in [1.54, 1.807) is 19.2 Å². The summed E-state index contributed by atoms with van der Waals surface area (Å²) in [6, 6.07) is 9.75. The molecule has 106 valence electrons. The van der Waals surface area contributed by atoms with E-state index in [0.717, 1.165) is 14.5 Å². The number of methoxy groups -OCH3 is 1. The van der Waals surface area contributed by atoms with Crippen molar-refractivity contribution in [1.82, 2.24) is 5.43 Å². The zero-order chi connectivity index (χ0) is 14.7. The van der Waals surface area contributed by atoms with Crippen LogP contribution in [0, 0.1) is 5.82 Å². The Kier molecular flexibility index (Phi) is 5.15. The number of halogens is 3. The van der Waals surface area contributed by atoms with Gasteiger partial charge in [-0.25, -0.2) is 9.82 Å². The largest absolute Gasteiger partial charge is 0.496 e. The van der Waals surface area contributed by atoms with Gasteiger partial charge in [-0.1, -0.05) is 37.9 Å². The van der Waals surface area contributed by atoms with Crippen LogP contribution in [0.1, 0.15) is 17.2 Å². The fourth-order valence-electron chi connectivity index (χ4n) is 2.01. The van der Waals surface area contributed by atoms with Crippen molar-refractivity contribution in [3.63, 3.8) is 0 Å². The Morgan fingerprint density at radius 1 is 1.10 bits per heavy atom. The number of hydrazine groups is 1. The van der Waals surface area contributed by atoms with E-state index in [-0.39, 0.29) is 5.82 Å². The van der Waals surface area contributed by atoms with Gasteiger partial charge in [0.1, 0.15) is 11.6 Å². The SMILES string of the molecule is COc1cc(Br)ccc1C(NN)c1cc(Br)ccc1F. The van der Waals surface area contributed by atoms with Gasteiger partial charge >= 0.3 is 0 Å². The van der Waals surface area contributed by atoms with Gasteiger partial charge in [0.05, 0.1) is 13.2 Å². The van der Waals surface area contributed by atoms with Gasteiger partial charge in [0.25, 0.3) is 0 Å². The molecule has 0 spiro atoms. The molecule has 0 saturated heterocycles. The van der Waals surface area contributed by atoms with Crippen molar-refractivity contribution in [3.05, 3.63) is 62.3 Å². The molecule has 0 aliphatic rings. The summed E-state index contributed by atoms with van der Waals surface area (Å²) in [5.74, 6) is 5.91. The standard InChI is InChI=1S/C14H13Br2FN2O/c1-20-13-7-9(16)2-4-10(13)14(19-18)11-6-8(15)3-5-12(11)17/h2-7,14,19H,18H2,1H3. The zero-order valence-corrected chi connectivity index (χ0v) is 13.8. The lowest BCUT2D eigenvalue weighted by Gasteiger charge is -2.20. The summed E-state index contributed by atoms with van der Waals surface area (Å²) in [6.07, 6.45) is 0. The fraction of sp³-hybridized carbons (Fsp3) is 0.143. The van der Waals surface area contributed by atoms with Crippen molar-refractivity contribution in [2.45, 2.75) is 6.04 Å². The van der Waals surface area contributed by atoms with Gasteiger partial charge in [-0.05, 0) is 30.3 Å². The van der Waals surface area contributed by atoms with Crippen LogP contribution in [-0.4, -0.2) is 7.11 Å². The number of nitrogens with two attached hydrogens (primary N) is 1. The van der Waals surface area contributed by atoms with Crippen LogP contribution >= 0.6 is 31.9 Å². The smallest absolute Gasteiger partial charge is 0.128 e. The first kappa shape index (κ1) is 15.4. The second-order valence-corrected chi connectivity index (χ2v) is 5.98. The molecule has 0 heterocycles. The van der Waals surface area contributed by atoms with Crippen LogP contribution in [0.5, 0.6) is 5.75 Å². The van der Waals surface area contributed by atoms with Gasteiger partial charge in [-0.2, -0.15) is 0 Å². The summed E-state index contributed by atoms with van der Waals surface area (Å²) in [5.41, 5.74) is 3.85. The van der Waals surface area contributed by atoms with Crippen LogP contribution in [0.2, 0.25) is 0 Å². The van der Waals surface area contributed by atoms with E-state index in [1.165, 1.54) is 6.07 Å². The Labute approximate surface area is 133 Å². The van der Waals surface area contributed by atoms with Crippen molar-refractivity contribution in [1.29, 1.82) is 0 Å². The molecular formula is C14H13Br2FN2O. The number of ether oxygens (including phenoxy) is 1. The molecule has 0 saturated carbocycles. The van der Waals surface area contributed by atoms with Gasteiger partial charge in [-0.15, -0.1) is 0 Å². The quantitative estimate of drug-likeness (QED) is 0.600. The molecule has 6 heteroatoms. The third kappa shape index (κ3) is 3.20. The maximum Gasteiger partial charge on any atom is 0.128 e. The molecule has 0 fully saturated rings. The van der Waals surface area contributed by atoms with Crippen LogP contribution in [0.25, 0.3) is 0 Å². The molecule has 1 unspecified atom stereocenters. The van der Waals surface area contributed by atoms with Crippen molar-refractivity contribution < 1.29 is 9.13 Å². The summed E-state index contributed by atoms with van der Waals surface area (Å²) in [7, 11) is 1.57. The van der Waals surface area contributed by atoms with Crippen molar-refractivity contribution in [2.24, 2.45) is 5.84 Å². The topological polar surface area (TPSA) is 47.3 Å². The third-order valence-electron chi connectivity index (χ3n) is 2.94. The molecule has 20 heavy (non-hydrogen) atoms. The van der Waals surface area contributed by atoms with E-state index in [1.807, 2.05) is 18.2 Å². The Morgan fingerprint density at radius 2 is 1.75 bits per heavy atom. The number of hydrogen-bond acceptors (Lipinski definition) is 3. The van der Waals surface area contributed by atoms with Crippen molar-refractivity contribution >= 4 is 31.9 Å². The molecule has 2 rings (SSSR count). The molecule has 3 N–H and O–H groups in total. The highest BCUT2D eigenvalue weighted by Gasteiger charge is 2.20. The van der Waals surface area contributed by atoms with Crippen molar-refractivity contribution in [2.75, 3.05) is 7.11 Å². The first-order valence-corrected chi connectivity index (χ1v) is 7.40. The Balaban J connectivity index is 2.55. The number of benzene rings is 2. The lowest BCUT2D eigenvalue weighted by atomic mass is 9.98. The summed E-state index contributed by atoms with van der Waals surface area (Å²) < 4.78 is 21.0. The van der Waals surface area contributed by atoms with Crippen LogP contribution in [0.4, 0.5) is 4.39 Å². The zero-order valence-electron chi connectivity index (χ0n) is 10.7. The number of nitrogens with one attached hydrogen (secondary N) is 1. The monoisotopic (exact) mass is 402 g/mol. The minimum atomic E-state index is -0.504. The van der Waals surface area contributed by atoms with Gasteiger partial charge in [0.15, 0.2) is 0 Å². The Morgan fingerprint density at radius 3 is 2.40 bits per heavy atom. The Hall–Kier alpha value is -0.950. The maximum atomic E-state index is 14.0. The molecule has 3 nitrogen and oxygen atoms in total. The van der Waals surface area contributed by atoms with Crippen LogP contribution < -0.4 is 16.0 Å². The van der Waals surface area contributed by atoms with Gasteiger partial charge < -0.3 is 4.74 Å². The minimum Gasteiger partial charge on any atom is -0.496 e. The molecule has 0 aliphatic carbocycles. The predicted molar refractivity (Wildman–Crippen MR) is 84.0 cm³/mol. The van der Waals surface area contributed by atoms with Gasteiger partial charge in [0.2, 0.25) is 0 Å². The second-order valence-electron chi connectivity index (χ2n) is 4.15. The number of hydrogen-bond donors (Lipinski definition) is 2. The summed E-state index contributed by atoms with van der Waals surface area (Å²) in [5, 5.41) is 0. The highest BCUT2D eigenvalue weighted by atomic mass is 79.9. The lowest BCUT2D eigenvalue weighted by Crippen LogP contribution is -2.29. The highest BCUT2D eigenvalue weighted by molar-refractivity contribution is 9.10. The van der Waals surface area contributed by atoms with Gasteiger partial charge in [-0.3, -0.25) is 5.84 Å². The van der Waals surface area contributed by atoms with E-state index in [4.69, 9.17) is 10.6 Å². The first-order chi connectivity index (χ1) is 9.56. The maximum absolute atomic E-state index is 14.0. The fourth-order valence-corrected chi connectivity index (χ4v) is 2.73. The van der Waals surface area contributed by atoms with Crippen LogP contribution in [0.15, 0.2) is 45.3 Å². The van der Waals surface area contributed by atoms with E-state index in [9.17, 15) is 4.39 Å².